The Morgan fingerprint density at radius 2 is 1.84 bits per heavy atom. The van der Waals surface area contributed by atoms with Crippen molar-refractivity contribution in [1.29, 1.82) is 5.26 Å². The van der Waals surface area contributed by atoms with Crippen molar-refractivity contribution >= 4 is 11.6 Å². The number of allylic oxidation sites excluding steroid dienone is 1. The quantitative estimate of drug-likeness (QED) is 0.719. The predicted octanol–water partition coefficient (Wildman–Crippen LogP) is 4.19. The van der Waals surface area contributed by atoms with Gasteiger partial charge in [0.1, 0.15) is 5.82 Å². The topological polar surface area (TPSA) is 47.3 Å². The van der Waals surface area contributed by atoms with Crippen LogP contribution in [0.3, 0.4) is 0 Å². The summed E-state index contributed by atoms with van der Waals surface area (Å²) in [5, 5.41) is 9.52. The highest BCUT2D eigenvalue weighted by atomic mass is 19.1. The Morgan fingerprint density at radius 3 is 2.44 bits per heavy atom. The number of halogens is 1. The largest absolute Gasteiger partial charge is 0.324 e. The van der Waals surface area contributed by atoms with Crippen LogP contribution in [0.4, 0.5) is 9.18 Å². The Labute approximate surface area is 148 Å². The lowest BCUT2D eigenvalue weighted by Gasteiger charge is -2.39. The highest BCUT2D eigenvalue weighted by Crippen LogP contribution is 2.28. The van der Waals surface area contributed by atoms with Crippen LogP contribution < -0.4 is 0 Å². The van der Waals surface area contributed by atoms with Gasteiger partial charge in [0, 0.05) is 25.7 Å². The minimum Gasteiger partial charge on any atom is -0.324 e. The van der Waals surface area contributed by atoms with Gasteiger partial charge in [-0.1, -0.05) is 12.1 Å². The van der Waals surface area contributed by atoms with Gasteiger partial charge in [-0.15, -0.1) is 0 Å². The van der Waals surface area contributed by atoms with Crippen molar-refractivity contribution in [2.45, 2.75) is 45.1 Å². The van der Waals surface area contributed by atoms with E-state index in [-0.39, 0.29) is 11.8 Å². The standard InChI is InChI=1S/C20H24FN3O/c1-15-4-2-3-11-24(15)20(25)23-12-9-17(10-13-23)19(14-22)16-5-7-18(21)8-6-16/h5-8,15H,2-4,9-13H2,1H3. The minimum absolute atomic E-state index is 0.131. The SMILES string of the molecule is CC1CCCCN1C(=O)N1CCC(=C(C#N)c2ccc(F)cc2)CC1. The molecule has 2 fully saturated rings. The van der Waals surface area contributed by atoms with E-state index in [2.05, 4.69) is 13.0 Å². The van der Waals surface area contributed by atoms with Crippen LogP contribution in [0.5, 0.6) is 0 Å². The van der Waals surface area contributed by atoms with E-state index in [9.17, 15) is 14.4 Å². The Morgan fingerprint density at radius 1 is 1.16 bits per heavy atom. The molecule has 0 radical (unpaired) electrons. The summed E-state index contributed by atoms with van der Waals surface area (Å²) in [4.78, 5) is 16.6. The van der Waals surface area contributed by atoms with Crippen LogP contribution in [-0.4, -0.2) is 41.5 Å². The number of benzene rings is 1. The normalized spacial score (nSPS) is 21.0. The van der Waals surface area contributed by atoms with Crippen LogP contribution >= 0.6 is 0 Å². The molecule has 1 aromatic rings. The third-order valence-corrected chi connectivity index (χ3v) is 5.28. The molecule has 132 valence electrons. The maximum atomic E-state index is 13.1. The molecule has 0 N–H and O–H groups in total. The predicted molar refractivity (Wildman–Crippen MR) is 95.2 cm³/mol. The summed E-state index contributed by atoms with van der Waals surface area (Å²) in [6, 6.07) is 8.76. The molecule has 2 amide bonds. The fraction of sp³-hybridized carbons (Fsp3) is 0.500. The Balaban J connectivity index is 1.69. The maximum Gasteiger partial charge on any atom is 0.320 e. The smallest absolute Gasteiger partial charge is 0.320 e. The second kappa shape index (κ2) is 7.69. The summed E-state index contributed by atoms with van der Waals surface area (Å²) in [5.41, 5.74) is 2.44. The molecule has 0 aromatic heterocycles. The second-order valence-corrected chi connectivity index (χ2v) is 6.91. The molecule has 2 heterocycles. The van der Waals surface area contributed by atoms with Gasteiger partial charge in [-0.3, -0.25) is 0 Å². The minimum atomic E-state index is -0.304. The first kappa shape index (κ1) is 17.5. The fourth-order valence-electron chi connectivity index (χ4n) is 3.75. The van der Waals surface area contributed by atoms with Crippen molar-refractivity contribution in [2.24, 2.45) is 0 Å². The van der Waals surface area contributed by atoms with Crippen LogP contribution in [-0.2, 0) is 0 Å². The number of carbonyl (C=O) groups is 1. The van der Waals surface area contributed by atoms with E-state index >= 15 is 0 Å². The monoisotopic (exact) mass is 341 g/mol. The number of hydrogen-bond donors (Lipinski definition) is 0. The zero-order chi connectivity index (χ0) is 17.8. The molecule has 5 heteroatoms. The lowest BCUT2D eigenvalue weighted by molar-refractivity contribution is 0.118. The van der Waals surface area contributed by atoms with Gasteiger partial charge in [0.2, 0.25) is 0 Å². The van der Waals surface area contributed by atoms with Crippen LogP contribution in [0.15, 0.2) is 29.8 Å². The zero-order valence-electron chi connectivity index (χ0n) is 14.7. The lowest BCUT2D eigenvalue weighted by atomic mass is 9.94. The van der Waals surface area contributed by atoms with E-state index in [1.807, 2.05) is 9.80 Å². The van der Waals surface area contributed by atoms with Gasteiger partial charge in [-0.25, -0.2) is 9.18 Å². The molecule has 0 bridgehead atoms. The van der Waals surface area contributed by atoms with Gasteiger partial charge in [-0.05, 0) is 62.3 Å². The first-order valence-corrected chi connectivity index (χ1v) is 9.03. The Kier molecular flexibility index (Phi) is 5.37. The molecular weight excluding hydrogens is 317 g/mol. The molecule has 0 aliphatic carbocycles. The van der Waals surface area contributed by atoms with Crippen LogP contribution in [0.1, 0.15) is 44.6 Å². The molecule has 2 aliphatic rings. The van der Waals surface area contributed by atoms with Gasteiger partial charge >= 0.3 is 6.03 Å². The molecule has 3 rings (SSSR count). The second-order valence-electron chi connectivity index (χ2n) is 6.91. The molecule has 25 heavy (non-hydrogen) atoms. The van der Waals surface area contributed by atoms with Gasteiger partial charge < -0.3 is 9.80 Å². The van der Waals surface area contributed by atoms with E-state index in [1.165, 1.54) is 18.6 Å². The van der Waals surface area contributed by atoms with Gasteiger partial charge in [0.25, 0.3) is 0 Å². The van der Waals surface area contributed by atoms with E-state index in [0.717, 1.165) is 30.5 Å². The van der Waals surface area contributed by atoms with E-state index < -0.39 is 0 Å². The number of nitriles is 1. The van der Waals surface area contributed by atoms with Crippen molar-refractivity contribution in [3.05, 3.63) is 41.2 Å². The molecule has 2 aliphatic heterocycles. The summed E-state index contributed by atoms with van der Waals surface area (Å²) in [7, 11) is 0. The van der Waals surface area contributed by atoms with Crippen molar-refractivity contribution in [2.75, 3.05) is 19.6 Å². The third-order valence-electron chi connectivity index (χ3n) is 5.28. The molecule has 4 nitrogen and oxygen atoms in total. The summed E-state index contributed by atoms with van der Waals surface area (Å²) in [5.74, 6) is -0.304. The number of nitrogens with zero attached hydrogens (tertiary/aromatic N) is 3. The number of carbonyl (C=O) groups excluding carboxylic acids is 1. The maximum absolute atomic E-state index is 13.1. The van der Waals surface area contributed by atoms with Crippen LogP contribution in [0, 0.1) is 17.1 Å². The van der Waals surface area contributed by atoms with Gasteiger partial charge in [0.05, 0.1) is 11.6 Å². The molecule has 1 unspecified atom stereocenters. The van der Waals surface area contributed by atoms with Crippen LogP contribution in [0.2, 0.25) is 0 Å². The number of hydrogen-bond acceptors (Lipinski definition) is 2. The first-order valence-electron chi connectivity index (χ1n) is 9.03. The third kappa shape index (κ3) is 3.84. The molecule has 1 aromatic carbocycles. The average Bonchev–Trinajstić information content (AvgIpc) is 2.64. The molecule has 0 spiro atoms. The van der Waals surface area contributed by atoms with Crippen molar-refractivity contribution in [1.82, 2.24) is 9.80 Å². The summed E-state index contributed by atoms with van der Waals surface area (Å²) in [6.07, 6.45) is 4.76. The average molecular weight is 341 g/mol. The summed E-state index contributed by atoms with van der Waals surface area (Å²) in [6.45, 7) is 4.25. The van der Waals surface area contributed by atoms with Crippen molar-refractivity contribution < 1.29 is 9.18 Å². The van der Waals surface area contributed by atoms with E-state index in [0.29, 0.717) is 37.5 Å². The highest BCUT2D eigenvalue weighted by Gasteiger charge is 2.29. The van der Waals surface area contributed by atoms with Gasteiger partial charge in [0.15, 0.2) is 0 Å². The number of rotatable bonds is 1. The zero-order valence-corrected chi connectivity index (χ0v) is 14.7. The van der Waals surface area contributed by atoms with E-state index in [4.69, 9.17) is 0 Å². The van der Waals surface area contributed by atoms with Gasteiger partial charge in [-0.2, -0.15) is 5.26 Å². The summed E-state index contributed by atoms with van der Waals surface area (Å²) < 4.78 is 13.1. The first-order chi connectivity index (χ1) is 12.1. The molecule has 0 saturated carbocycles. The van der Waals surface area contributed by atoms with Crippen molar-refractivity contribution in [3.8, 4) is 6.07 Å². The van der Waals surface area contributed by atoms with Crippen LogP contribution in [0.25, 0.3) is 5.57 Å². The number of likely N-dealkylation sites (tertiary alicyclic amines) is 2. The fourth-order valence-corrected chi connectivity index (χ4v) is 3.75. The Hall–Kier alpha value is -2.35. The number of amides is 2. The van der Waals surface area contributed by atoms with Crippen molar-refractivity contribution in [3.63, 3.8) is 0 Å². The molecule has 2 saturated heterocycles. The summed E-state index contributed by atoms with van der Waals surface area (Å²) >= 11 is 0. The molecule has 1 atom stereocenters. The lowest BCUT2D eigenvalue weighted by Crippen LogP contribution is -2.50. The number of urea groups is 1. The van der Waals surface area contributed by atoms with E-state index in [1.54, 1.807) is 12.1 Å². The molecular formula is C20H24FN3O. The highest BCUT2D eigenvalue weighted by molar-refractivity contribution is 5.80. The number of piperidine rings is 2. The Bertz CT molecular complexity index is 695.